The zero-order chi connectivity index (χ0) is 13.6. The Morgan fingerprint density at radius 3 is 2.33 bits per heavy atom. The molecule has 0 fully saturated rings. The van der Waals surface area contributed by atoms with Crippen molar-refractivity contribution in [2.75, 3.05) is 6.61 Å². The molecule has 0 heterocycles. The summed E-state index contributed by atoms with van der Waals surface area (Å²) in [4.78, 5) is 15.6. The fourth-order valence-corrected chi connectivity index (χ4v) is 1.40. The third kappa shape index (κ3) is 5.13. The first-order valence-electron chi connectivity index (χ1n) is 6.22. The smallest absolute Gasteiger partial charge is 0.433 e. The predicted octanol–water partition coefficient (Wildman–Crippen LogP) is 4.07. The highest BCUT2D eigenvalue weighted by atomic mass is 16.5. The molecule has 98 valence electrons. The molecule has 0 bridgehead atoms. The van der Waals surface area contributed by atoms with Crippen molar-refractivity contribution in [1.82, 2.24) is 0 Å². The lowest BCUT2D eigenvalue weighted by atomic mass is 9.99. The van der Waals surface area contributed by atoms with Crippen LogP contribution in [0.4, 0.5) is 4.79 Å². The van der Waals surface area contributed by atoms with Crippen molar-refractivity contribution in [3.05, 3.63) is 35.9 Å². The van der Waals surface area contributed by atoms with Crippen molar-refractivity contribution in [2.45, 2.75) is 34.1 Å². The summed E-state index contributed by atoms with van der Waals surface area (Å²) < 4.78 is 5.13. The average Bonchev–Trinajstić information content (AvgIpc) is 2.33. The predicted molar refractivity (Wildman–Crippen MR) is 74.1 cm³/mol. The van der Waals surface area contributed by atoms with Crippen LogP contribution in [0, 0.1) is 5.41 Å². The minimum absolute atomic E-state index is 0.0374. The fourth-order valence-electron chi connectivity index (χ4n) is 1.40. The van der Waals surface area contributed by atoms with Crippen LogP contribution in [0.2, 0.25) is 0 Å². The molecule has 0 aromatic heterocycles. The Kier molecular flexibility index (Phi) is 5.08. The average molecular weight is 247 g/mol. The molecular formula is C15H21NO2. The summed E-state index contributed by atoms with van der Waals surface area (Å²) in [5.74, 6) is 0. The normalized spacial score (nSPS) is 12.3. The molecule has 0 spiro atoms. The molecule has 0 atom stereocenters. The minimum atomic E-state index is -0.509. The van der Waals surface area contributed by atoms with Gasteiger partial charge in [-0.05, 0) is 17.4 Å². The molecule has 0 radical (unpaired) electrons. The summed E-state index contributed by atoms with van der Waals surface area (Å²) in [6, 6.07) is 9.69. The van der Waals surface area contributed by atoms with Crippen LogP contribution in [0.25, 0.3) is 0 Å². The van der Waals surface area contributed by atoms with E-state index in [1.165, 1.54) is 0 Å². The van der Waals surface area contributed by atoms with E-state index >= 15 is 0 Å². The van der Waals surface area contributed by atoms with Crippen LogP contribution in [0.1, 0.15) is 39.7 Å². The van der Waals surface area contributed by atoms with Crippen molar-refractivity contribution in [3.63, 3.8) is 0 Å². The Morgan fingerprint density at radius 1 is 1.22 bits per heavy atom. The van der Waals surface area contributed by atoms with E-state index in [-0.39, 0.29) is 5.41 Å². The molecule has 1 amide bonds. The van der Waals surface area contributed by atoms with Gasteiger partial charge in [0.15, 0.2) is 0 Å². The first kappa shape index (κ1) is 14.4. The highest BCUT2D eigenvalue weighted by molar-refractivity contribution is 6.05. The van der Waals surface area contributed by atoms with E-state index in [2.05, 4.69) is 4.99 Å². The second-order valence-electron chi connectivity index (χ2n) is 5.39. The van der Waals surface area contributed by atoms with Gasteiger partial charge in [-0.15, -0.1) is 0 Å². The lowest BCUT2D eigenvalue weighted by Gasteiger charge is -2.16. The number of rotatable bonds is 3. The second-order valence-corrected chi connectivity index (χ2v) is 5.39. The maximum atomic E-state index is 11.6. The topological polar surface area (TPSA) is 38.7 Å². The van der Waals surface area contributed by atoms with Crippen molar-refractivity contribution in [3.8, 4) is 0 Å². The SMILES string of the molecule is CCC(=NC(=O)OCC(C)(C)C)c1ccccc1. The first-order chi connectivity index (χ1) is 8.42. The van der Waals surface area contributed by atoms with Crippen molar-refractivity contribution >= 4 is 11.8 Å². The van der Waals surface area contributed by atoms with Crippen molar-refractivity contribution in [2.24, 2.45) is 10.4 Å². The number of carbonyl (C=O) groups is 1. The number of benzene rings is 1. The Morgan fingerprint density at radius 2 is 1.83 bits per heavy atom. The molecule has 1 aromatic carbocycles. The Balaban J connectivity index is 2.71. The molecule has 3 heteroatoms. The summed E-state index contributed by atoms with van der Waals surface area (Å²) in [5.41, 5.74) is 1.69. The van der Waals surface area contributed by atoms with E-state index in [9.17, 15) is 4.79 Å². The van der Waals surface area contributed by atoms with Gasteiger partial charge in [-0.25, -0.2) is 4.79 Å². The molecule has 0 saturated heterocycles. The summed E-state index contributed by atoms with van der Waals surface area (Å²) in [6.45, 7) is 8.40. The molecule has 0 unspecified atom stereocenters. The maximum absolute atomic E-state index is 11.6. The third-order valence-corrected chi connectivity index (χ3v) is 2.30. The van der Waals surface area contributed by atoms with E-state index in [1.54, 1.807) is 0 Å². The van der Waals surface area contributed by atoms with Crippen LogP contribution in [-0.2, 0) is 4.74 Å². The zero-order valence-corrected chi connectivity index (χ0v) is 11.6. The number of nitrogens with zero attached hydrogens (tertiary/aromatic N) is 1. The zero-order valence-electron chi connectivity index (χ0n) is 11.6. The molecule has 18 heavy (non-hydrogen) atoms. The number of hydrogen-bond donors (Lipinski definition) is 0. The summed E-state index contributed by atoms with van der Waals surface area (Å²) in [7, 11) is 0. The number of hydrogen-bond acceptors (Lipinski definition) is 2. The molecule has 0 aliphatic heterocycles. The van der Waals surface area contributed by atoms with Gasteiger partial charge >= 0.3 is 6.09 Å². The lowest BCUT2D eigenvalue weighted by Crippen LogP contribution is -2.17. The van der Waals surface area contributed by atoms with Crippen LogP contribution >= 0.6 is 0 Å². The van der Waals surface area contributed by atoms with Gasteiger partial charge in [0.05, 0.1) is 12.3 Å². The summed E-state index contributed by atoms with van der Waals surface area (Å²) in [5, 5.41) is 0. The third-order valence-electron chi connectivity index (χ3n) is 2.30. The number of ether oxygens (including phenoxy) is 1. The molecule has 3 nitrogen and oxygen atoms in total. The fraction of sp³-hybridized carbons (Fsp3) is 0.467. The number of amides is 1. The standard InChI is InChI=1S/C15H21NO2/c1-5-13(12-9-7-6-8-10-12)16-14(17)18-11-15(2,3)4/h6-10H,5,11H2,1-4H3. The Hall–Kier alpha value is -1.64. The highest BCUT2D eigenvalue weighted by Gasteiger charge is 2.13. The molecular weight excluding hydrogens is 226 g/mol. The Labute approximate surface area is 109 Å². The van der Waals surface area contributed by atoms with Crippen LogP contribution in [0.3, 0.4) is 0 Å². The van der Waals surface area contributed by atoms with E-state index in [0.29, 0.717) is 13.0 Å². The van der Waals surface area contributed by atoms with E-state index in [4.69, 9.17) is 4.74 Å². The van der Waals surface area contributed by atoms with Crippen LogP contribution < -0.4 is 0 Å². The van der Waals surface area contributed by atoms with Gasteiger partial charge in [-0.3, -0.25) is 0 Å². The van der Waals surface area contributed by atoms with Gasteiger partial charge in [0.25, 0.3) is 0 Å². The largest absolute Gasteiger partial charge is 0.447 e. The first-order valence-corrected chi connectivity index (χ1v) is 6.22. The van der Waals surface area contributed by atoms with Crippen LogP contribution in [-0.4, -0.2) is 18.4 Å². The van der Waals surface area contributed by atoms with Gasteiger partial charge in [0.2, 0.25) is 0 Å². The van der Waals surface area contributed by atoms with Crippen LogP contribution in [0.5, 0.6) is 0 Å². The molecule has 0 saturated carbocycles. The van der Waals surface area contributed by atoms with Gasteiger partial charge in [-0.1, -0.05) is 58.0 Å². The second kappa shape index (κ2) is 6.34. The summed E-state index contributed by atoms with van der Waals surface area (Å²) in [6.07, 6.45) is 0.194. The molecule has 1 aromatic rings. The highest BCUT2D eigenvalue weighted by Crippen LogP contribution is 2.13. The van der Waals surface area contributed by atoms with Crippen molar-refractivity contribution in [1.29, 1.82) is 0 Å². The molecule has 0 aliphatic carbocycles. The maximum Gasteiger partial charge on any atom is 0.433 e. The van der Waals surface area contributed by atoms with E-state index in [1.807, 2.05) is 58.0 Å². The Bertz CT molecular complexity index is 416. The molecule has 0 aliphatic rings. The van der Waals surface area contributed by atoms with Gasteiger partial charge in [0, 0.05) is 0 Å². The molecule has 0 N–H and O–H groups in total. The van der Waals surface area contributed by atoms with E-state index in [0.717, 1.165) is 11.3 Å². The number of carbonyl (C=O) groups excluding carboxylic acids is 1. The summed E-state index contributed by atoms with van der Waals surface area (Å²) >= 11 is 0. The van der Waals surface area contributed by atoms with Gasteiger partial charge < -0.3 is 4.74 Å². The molecule has 1 rings (SSSR count). The van der Waals surface area contributed by atoms with Gasteiger partial charge in [-0.2, -0.15) is 4.99 Å². The lowest BCUT2D eigenvalue weighted by molar-refractivity contribution is 0.115. The minimum Gasteiger partial charge on any atom is -0.447 e. The van der Waals surface area contributed by atoms with Gasteiger partial charge in [0.1, 0.15) is 0 Å². The van der Waals surface area contributed by atoms with Crippen LogP contribution in [0.15, 0.2) is 35.3 Å². The quantitative estimate of drug-likeness (QED) is 0.755. The monoisotopic (exact) mass is 247 g/mol. The number of aliphatic imine (C=N–C) groups is 1. The van der Waals surface area contributed by atoms with E-state index < -0.39 is 6.09 Å². The van der Waals surface area contributed by atoms with Crippen molar-refractivity contribution < 1.29 is 9.53 Å².